The highest BCUT2D eigenvalue weighted by Crippen LogP contribution is 2.23. The summed E-state index contributed by atoms with van der Waals surface area (Å²) in [5.41, 5.74) is 1.41. The molecule has 1 aromatic rings. The Hall–Kier alpha value is -0.860. The van der Waals surface area contributed by atoms with Gasteiger partial charge < -0.3 is 5.32 Å². The van der Waals surface area contributed by atoms with E-state index in [1.807, 2.05) is 0 Å². The van der Waals surface area contributed by atoms with Crippen molar-refractivity contribution >= 4 is 0 Å². The van der Waals surface area contributed by atoms with Gasteiger partial charge in [0.25, 0.3) is 0 Å². The van der Waals surface area contributed by atoms with Crippen LogP contribution in [0.15, 0.2) is 30.3 Å². The summed E-state index contributed by atoms with van der Waals surface area (Å²) in [5.74, 6) is 0. The van der Waals surface area contributed by atoms with Gasteiger partial charge in [0.15, 0.2) is 0 Å². The molecular weight excluding hydrogens is 208 g/mol. The number of benzene rings is 1. The predicted molar refractivity (Wildman–Crippen MR) is 73.0 cm³/mol. The molecule has 1 fully saturated rings. The Kier molecular flexibility index (Phi) is 4.57. The molecule has 1 saturated carbocycles. The SMILES string of the molecule is CN[C@@H]1CCCC[C@H]1N(C)Cc1ccccc1. The summed E-state index contributed by atoms with van der Waals surface area (Å²) in [6.07, 6.45) is 5.40. The number of likely N-dealkylation sites (N-methyl/N-ethyl adjacent to an activating group) is 2. The summed E-state index contributed by atoms with van der Waals surface area (Å²) in [7, 11) is 4.35. The van der Waals surface area contributed by atoms with Gasteiger partial charge in [0.2, 0.25) is 0 Å². The van der Waals surface area contributed by atoms with Gasteiger partial charge in [-0.15, -0.1) is 0 Å². The summed E-state index contributed by atoms with van der Waals surface area (Å²) in [6, 6.07) is 12.1. The molecular formula is C15H24N2. The first-order valence-electron chi connectivity index (χ1n) is 6.72. The number of nitrogens with one attached hydrogen (secondary N) is 1. The molecule has 94 valence electrons. The van der Waals surface area contributed by atoms with Crippen LogP contribution < -0.4 is 5.32 Å². The smallest absolute Gasteiger partial charge is 0.0249 e. The zero-order valence-corrected chi connectivity index (χ0v) is 11.0. The molecule has 2 rings (SSSR count). The van der Waals surface area contributed by atoms with E-state index in [9.17, 15) is 0 Å². The van der Waals surface area contributed by atoms with Gasteiger partial charge in [0, 0.05) is 18.6 Å². The van der Waals surface area contributed by atoms with E-state index in [0.717, 1.165) is 6.54 Å². The first kappa shape index (κ1) is 12.6. The van der Waals surface area contributed by atoms with Crippen molar-refractivity contribution in [2.45, 2.75) is 44.3 Å². The Labute approximate surface area is 105 Å². The van der Waals surface area contributed by atoms with Crippen LogP contribution in [-0.4, -0.2) is 31.1 Å². The minimum absolute atomic E-state index is 0.664. The van der Waals surface area contributed by atoms with Gasteiger partial charge >= 0.3 is 0 Å². The minimum atomic E-state index is 0.664. The number of rotatable bonds is 4. The zero-order valence-electron chi connectivity index (χ0n) is 11.0. The zero-order chi connectivity index (χ0) is 12.1. The largest absolute Gasteiger partial charge is 0.315 e. The summed E-state index contributed by atoms with van der Waals surface area (Å²) in [6.45, 7) is 1.06. The maximum Gasteiger partial charge on any atom is 0.0249 e. The van der Waals surface area contributed by atoms with Crippen molar-refractivity contribution in [2.75, 3.05) is 14.1 Å². The number of hydrogen-bond donors (Lipinski definition) is 1. The predicted octanol–water partition coefficient (Wildman–Crippen LogP) is 2.65. The van der Waals surface area contributed by atoms with Crippen LogP contribution >= 0.6 is 0 Å². The molecule has 1 aliphatic carbocycles. The fourth-order valence-electron chi connectivity index (χ4n) is 2.96. The highest BCUT2D eigenvalue weighted by molar-refractivity contribution is 5.14. The second-order valence-electron chi connectivity index (χ2n) is 5.15. The highest BCUT2D eigenvalue weighted by Gasteiger charge is 2.26. The topological polar surface area (TPSA) is 15.3 Å². The number of hydrogen-bond acceptors (Lipinski definition) is 2. The van der Waals surface area contributed by atoms with Crippen LogP contribution in [0.4, 0.5) is 0 Å². The maximum absolute atomic E-state index is 3.48. The summed E-state index contributed by atoms with van der Waals surface area (Å²) in [4.78, 5) is 2.51. The lowest BCUT2D eigenvalue weighted by Gasteiger charge is -2.38. The van der Waals surface area contributed by atoms with Gasteiger partial charge in [-0.1, -0.05) is 43.2 Å². The molecule has 0 spiro atoms. The van der Waals surface area contributed by atoms with Crippen molar-refractivity contribution < 1.29 is 0 Å². The monoisotopic (exact) mass is 232 g/mol. The molecule has 0 aliphatic heterocycles. The Bertz CT molecular complexity index is 323. The van der Waals surface area contributed by atoms with Crippen molar-refractivity contribution in [3.05, 3.63) is 35.9 Å². The van der Waals surface area contributed by atoms with Crippen molar-refractivity contribution in [1.29, 1.82) is 0 Å². The van der Waals surface area contributed by atoms with Gasteiger partial charge in [-0.25, -0.2) is 0 Å². The van der Waals surface area contributed by atoms with Crippen LogP contribution in [0.3, 0.4) is 0 Å². The molecule has 0 radical (unpaired) electrons. The lowest BCUT2D eigenvalue weighted by Crippen LogP contribution is -2.48. The van der Waals surface area contributed by atoms with E-state index >= 15 is 0 Å². The van der Waals surface area contributed by atoms with E-state index in [1.165, 1.54) is 31.2 Å². The third-order valence-electron chi connectivity index (χ3n) is 3.94. The molecule has 2 heteroatoms. The Morgan fingerprint density at radius 1 is 1.18 bits per heavy atom. The molecule has 0 unspecified atom stereocenters. The Morgan fingerprint density at radius 3 is 2.59 bits per heavy atom. The van der Waals surface area contributed by atoms with Crippen LogP contribution in [0.1, 0.15) is 31.2 Å². The standard InChI is InChI=1S/C15H24N2/c1-16-14-10-6-7-11-15(14)17(2)12-13-8-4-3-5-9-13/h3-5,8-9,14-16H,6-7,10-12H2,1-2H3/t14-,15-/m1/s1. The van der Waals surface area contributed by atoms with Crippen LogP contribution in [0.5, 0.6) is 0 Å². The molecule has 0 amide bonds. The van der Waals surface area contributed by atoms with Crippen LogP contribution in [0, 0.1) is 0 Å². The fraction of sp³-hybridized carbons (Fsp3) is 0.600. The molecule has 0 aromatic heterocycles. The van der Waals surface area contributed by atoms with Gasteiger partial charge in [-0.3, -0.25) is 4.90 Å². The molecule has 1 aliphatic rings. The highest BCUT2D eigenvalue weighted by atomic mass is 15.2. The van der Waals surface area contributed by atoms with Gasteiger partial charge in [-0.2, -0.15) is 0 Å². The summed E-state index contributed by atoms with van der Waals surface area (Å²) < 4.78 is 0. The van der Waals surface area contributed by atoms with E-state index in [2.05, 4.69) is 54.6 Å². The van der Waals surface area contributed by atoms with Gasteiger partial charge in [0.1, 0.15) is 0 Å². The lowest BCUT2D eigenvalue weighted by molar-refractivity contribution is 0.147. The molecule has 0 bridgehead atoms. The first-order valence-corrected chi connectivity index (χ1v) is 6.72. The third-order valence-corrected chi connectivity index (χ3v) is 3.94. The summed E-state index contributed by atoms with van der Waals surface area (Å²) >= 11 is 0. The van der Waals surface area contributed by atoms with Gasteiger partial charge in [0.05, 0.1) is 0 Å². The van der Waals surface area contributed by atoms with Crippen LogP contribution in [0.2, 0.25) is 0 Å². The summed E-state index contributed by atoms with van der Waals surface area (Å²) in [5, 5.41) is 3.48. The average Bonchev–Trinajstić information content (AvgIpc) is 2.40. The average molecular weight is 232 g/mol. The van der Waals surface area contributed by atoms with Gasteiger partial charge in [-0.05, 0) is 32.5 Å². The van der Waals surface area contributed by atoms with E-state index < -0.39 is 0 Å². The third kappa shape index (κ3) is 3.30. The molecule has 17 heavy (non-hydrogen) atoms. The first-order chi connectivity index (χ1) is 8.31. The second-order valence-corrected chi connectivity index (χ2v) is 5.15. The van der Waals surface area contributed by atoms with E-state index in [0.29, 0.717) is 12.1 Å². The normalized spacial score (nSPS) is 25.1. The van der Waals surface area contributed by atoms with Crippen LogP contribution in [0.25, 0.3) is 0 Å². The molecule has 1 N–H and O–H groups in total. The number of nitrogens with zero attached hydrogens (tertiary/aromatic N) is 1. The molecule has 1 aromatic carbocycles. The maximum atomic E-state index is 3.48. The lowest BCUT2D eigenvalue weighted by atomic mass is 9.89. The van der Waals surface area contributed by atoms with Crippen molar-refractivity contribution in [1.82, 2.24) is 10.2 Å². The quantitative estimate of drug-likeness (QED) is 0.858. The van der Waals surface area contributed by atoms with Crippen LogP contribution in [-0.2, 0) is 6.54 Å². The Morgan fingerprint density at radius 2 is 1.88 bits per heavy atom. The Balaban J connectivity index is 1.96. The molecule has 0 heterocycles. The minimum Gasteiger partial charge on any atom is -0.315 e. The fourth-order valence-corrected chi connectivity index (χ4v) is 2.96. The van der Waals surface area contributed by atoms with Crippen molar-refractivity contribution in [2.24, 2.45) is 0 Å². The van der Waals surface area contributed by atoms with Crippen molar-refractivity contribution in [3.63, 3.8) is 0 Å². The van der Waals surface area contributed by atoms with E-state index in [-0.39, 0.29) is 0 Å². The molecule has 2 nitrogen and oxygen atoms in total. The van der Waals surface area contributed by atoms with E-state index in [1.54, 1.807) is 0 Å². The van der Waals surface area contributed by atoms with Crippen molar-refractivity contribution in [3.8, 4) is 0 Å². The molecule has 2 atom stereocenters. The second kappa shape index (κ2) is 6.18. The van der Waals surface area contributed by atoms with E-state index in [4.69, 9.17) is 0 Å². The molecule has 0 saturated heterocycles.